The molecule has 4 rings (SSSR count). The number of hydrogen-bond acceptors (Lipinski definition) is 6. The molecular formula is C19H24N2O5. The lowest BCUT2D eigenvalue weighted by Gasteiger charge is -2.30. The number of benzene rings is 1. The van der Waals surface area contributed by atoms with Crippen LogP contribution in [0.5, 0.6) is 17.2 Å². The molecule has 7 nitrogen and oxygen atoms in total. The number of imide groups is 1. The van der Waals surface area contributed by atoms with Gasteiger partial charge in [-0.15, -0.1) is 0 Å². The molecule has 2 unspecified atom stereocenters. The number of piperidine rings is 1. The van der Waals surface area contributed by atoms with Gasteiger partial charge in [0.2, 0.25) is 12.7 Å². The summed E-state index contributed by atoms with van der Waals surface area (Å²) >= 11 is 0. The van der Waals surface area contributed by atoms with E-state index in [0.29, 0.717) is 23.8 Å². The van der Waals surface area contributed by atoms with Gasteiger partial charge in [-0.3, -0.25) is 14.5 Å². The Bertz CT molecular complexity index is 697. The highest BCUT2D eigenvalue weighted by atomic mass is 16.7. The second-order valence-corrected chi connectivity index (χ2v) is 7.10. The summed E-state index contributed by atoms with van der Waals surface area (Å²) in [5, 5.41) is 3.25. The molecule has 2 fully saturated rings. The van der Waals surface area contributed by atoms with Gasteiger partial charge < -0.3 is 19.5 Å². The summed E-state index contributed by atoms with van der Waals surface area (Å²) in [6.07, 6.45) is 2.82. The lowest BCUT2D eigenvalue weighted by Crippen LogP contribution is -2.50. The molecule has 2 amide bonds. The minimum absolute atomic E-state index is 0.0275. The fourth-order valence-corrected chi connectivity index (χ4v) is 3.46. The second-order valence-electron chi connectivity index (χ2n) is 7.10. The highest BCUT2D eigenvalue weighted by Gasteiger charge is 2.42. The van der Waals surface area contributed by atoms with Crippen molar-refractivity contribution in [3.63, 3.8) is 0 Å². The van der Waals surface area contributed by atoms with Gasteiger partial charge in [0.05, 0.1) is 5.92 Å². The van der Waals surface area contributed by atoms with Crippen LogP contribution in [0, 0.1) is 5.92 Å². The number of fused-ring (bicyclic) bond motifs is 1. The third kappa shape index (κ3) is 3.49. The summed E-state index contributed by atoms with van der Waals surface area (Å²) < 4.78 is 16.4. The van der Waals surface area contributed by atoms with Crippen LogP contribution in [-0.2, 0) is 9.59 Å². The van der Waals surface area contributed by atoms with Gasteiger partial charge >= 0.3 is 0 Å². The fourth-order valence-electron chi connectivity index (χ4n) is 3.46. The molecule has 7 heteroatoms. The number of nitrogens with zero attached hydrogens (tertiary/aromatic N) is 1. The van der Waals surface area contributed by atoms with Gasteiger partial charge in [0.25, 0.3) is 5.91 Å². The van der Waals surface area contributed by atoms with Crippen molar-refractivity contribution in [1.29, 1.82) is 0 Å². The Morgan fingerprint density at radius 2 is 2.04 bits per heavy atom. The number of carbonyl (C=O) groups excluding carboxylic acids is 2. The van der Waals surface area contributed by atoms with Crippen molar-refractivity contribution >= 4 is 11.8 Å². The third-order valence-corrected chi connectivity index (χ3v) is 5.04. The van der Waals surface area contributed by atoms with Crippen molar-refractivity contribution in [2.24, 2.45) is 5.92 Å². The Balaban J connectivity index is 1.44. The SMILES string of the molecule is CC(Oc1ccc2c(c1)OCO2)C(=O)N(C(=O)C1CCCNC1)C1CC1. The van der Waals surface area contributed by atoms with Crippen LogP contribution in [0.4, 0.5) is 0 Å². The van der Waals surface area contributed by atoms with E-state index < -0.39 is 6.10 Å². The fraction of sp³-hybridized carbons (Fsp3) is 0.579. The van der Waals surface area contributed by atoms with E-state index in [1.54, 1.807) is 25.1 Å². The van der Waals surface area contributed by atoms with Crippen molar-refractivity contribution < 1.29 is 23.8 Å². The van der Waals surface area contributed by atoms with Crippen molar-refractivity contribution in [3.8, 4) is 17.2 Å². The largest absolute Gasteiger partial charge is 0.481 e. The van der Waals surface area contributed by atoms with Crippen LogP contribution in [0.1, 0.15) is 32.6 Å². The van der Waals surface area contributed by atoms with Crippen LogP contribution >= 0.6 is 0 Å². The summed E-state index contributed by atoms with van der Waals surface area (Å²) in [7, 11) is 0. The molecule has 1 aromatic rings. The Morgan fingerprint density at radius 3 is 2.77 bits per heavy atom. The first-order valence-electron chi connectivity index (χ1n) is 9.27. The van der Waals surface area contributed by atoms with Gasteiger partial charge in [0, 0.05) is 18.7 Å². The van der Waals surface area contributed by atoms with Gasteiger partial charge in [-0.1, -0.05) is 0 Å². The van der Waals surface area contributed by atoms with Crippen molar-refractivity contribution in [2.75, 3.05) is 19.9 Å². The molecule has 1 saturated carbocycles. The highest BCUT2D eigenvalue weighted by Crippen LogP contribution is 2.36. The van der Waals surface area contributed by atoms with Crippen LogP contribution in [-0.4, -0.2) is 48.7 Å². The Labute approximate surface area is 152 Å². The van der Waals surface area contributed by atoms with Crippen molar-refractivity contribution in [2.45, 2.75) is 44.8 Å². The molecule has 140 valence electrons. The zero-order valence-electron chi connectivity index (χ0n) is 14.9. The summed E-state index contributed by atoms with van der Waals surface area (Å²) in [5.41, 5.74) is 0. The maximum atomic E-state index is 13.0. The molecule has 0 bridgehead atoms. The third-order valence-electron chi connectivity index (χ3n) is 5.04. The van der Waals surface area contributed by atoms with E-state index in [2.05, 4.69) is 5.32 Å². The van der Waals surface area contributed by atoms with Gasteiger partial charge in [0.1, 0.15) is 5.75 Å². The molecule has 2 atom stereocenters. The molecule has 1 aromatic carbocycles. The van der Waals surface area contributed by atoms with Crippen LogP contribution in [0.3, 0.4) is 0 Å². The zero-order valence-corrected chi connectivity index (χ0v) is 14.9. The molecule has 3 aliphatic rings. The first kappa shape index (κ1) is 17.1. The first-order chi connectivity index (χ1) is 12.6. The maximum absolute atomic E-state index is 13.0. The quantitative estimate of drug-likeness (QED) is 0.861. The van der Waals surface area contributed by atoms with E-state index in [1.165, 1.54) is 4.90 Å². The predicted molar refractivity (Wildman–Crippen MR) is 93.1 cm³/mol. The average Bonchev–Trinajstić information content (AvgIpc) is 3.38. The topological polar surface area (TPSA) is 77.1 Å². The molecule has 2 aliphatic heterocycles. The Morgan fingerprint density at radius 1 is 1.23 bits per heavy atom. The minimum Gasteiger partial charge on any atom is -0.481 e. The minimum atomic E-state index is -0.739. The monoisotopic (exact) mass is 360 g/mol. The number of nitrogens with one attached hydrogen (secondary N) is 1. The normalized spacial score (nSPS) is 22.6. The van der Waals surface area contributed by atoms with Crippen LogP contribution in [0.2, 0.25) is 0 Å². The summed E-state index contributed by atoms with van der Waals surface area (Å²) in [5.74, 6) is 1.34. The van der Waals surface area contributed by atoms with Crippen molar-refractivity contribution in [1.82, 2.24) is 10.2 Å². The molecule has 2 heterocycles. The van der Waals surface area contributed by atoms with E-state index >= 15 is 0 Å². The lowest BCUT2D eigenvalue weighted by molar-refractivity contribution is -0.152. The van der Waals surface area contributed by atoms with Crippen LogP contribution < -0.4 is 19.5 Å². The van der Waals surface area contributed by atoms with Crippen LogP contribution in [0.25, 0.3) is 0 Å². The standard InChI is InChI=1S/C19H24N2O5/c1-12(26-15-6-7-16-17(9-15)25-11-24-16)18(22)21(14-4-5-14)19(23)13-3-2-8-20-10-13/h6-7,9,12-14,20H,2-5,8,10-11H2,1H3. The van der Waals surface area contributed by atoms with Gasteiger partial charge in [-0.2, -0.15) is 0 Å². The van der Waals surface area contributed by atoms with E-state index in [1.807, 2.05) is 0 Å². The molecule has 0 radical (unpaired) electrons. The van der Waals surface area contributed by atoms with E-state index in [9.17, 15) is 9.59 Å². The smallest absolute Gasteiger partial charge is 0.270 e. The maximum Gasteiger partial charge on any atom is 0.270 e. The Kier molecular flexibility index (Phi) is 4.72. The number of rotatable bonds is 5. The Hall–Kier alpha value is -2.28. The molecule has 26 heavy (non-hydrogen) atoms. The highest BCUT2D eigenvalue weighted by molar-refractivity contribution is 5.99. The van der Waals surface area contributed by atoms with Gasteiger partial charge in [0.15, 0.2) is 17.6 Å². The number of amides is 2. The zero-order chi connectivity index (χ0) is 18.1. The summed E-state index contributed by atoms with van der Waals surface area (Å²) in [6, 6.07) is 5.23. The van der Waals surface area contributed by atoms with E-state index in [-0.39, 0.29) is 30.6 Å². The molecule has 1 aliphatic carbocycles. The second kappa shape index (κ2) is 7.15. The van der Waals surface area contributed by atoms with Crippen LogP contribution in [0.15, 0.2) is 18.2 Å². The number of ether oxygens (including phenoxy) is 3. The molecule has 1 N–H and O–H groups in total. The average molecular weight is 360 g/mol. The molecule has 0 spiro atoms. The van der Waals surface area contributed by atoms with E-state index in [0.717, 1.165) is 32.2 Å². The summed E-state index contributed by atoms with van der Waals surface area (Å²) in [6.45, 7) is 3.46. The lowest BCUT2D eigenvalue weighted by atomic mass is 9.97. The molecule has 1 saturated heterocycles. The number of hydrogen-bond donors (Lipinski definition) is 1. The molecular weight excluding hydrogens is 336 g/mol. The predicted octanol–water partition coefficient (Wildman–Crippen LogP) is 1.70. The van der Waals surface area contributed by atoms with Crippen molar-refractivity contribution in [3.05, 3.63) is 18.2 Å². The summed E-state index contributed by atoms with van der Waals surface area (Å²) in [4.78, 5) is 27.3. The van der Waals surface area contributed by atoms with Gasteiger partial charge in [-0.25, -0.2) is 0 Å². The van der Waals surface area contributed by atoms with E-state index in [4.69, 9.17) is 14.2 Å². The number of carbonyl (C=O) groups is 2. The molecule has 0 aromatic heterocycles. The first-order valence-corrected chi connectivity index (χ1v) is 9.27. The van der Waals surface area contributed by atoms with Gasteiger partial charge in [-0.05, 0) is 51.3 Å².